The van der Waals surface area contributed by atoms with Crippen LogP contribution in [-0.2, 0) is 19.5 Å². The molecule has 156 valence electrons. The molecule has 1 N–H and O–H groups in total. The van der Waals surface area contributed by atoms with E-state index in [-0.39, 0.29) is 10.8 Å². The number of carbonyl (C=O) groups is 1. The summed E-state index contributed by atoms with van der Waals surface area (Å²) in [5.41, 5.74) is 0.977. The highest BCUT2D eigenvalue weighted by Crippen LogP contribution is 2.20. The maximum atomic E-state index is 12.6. The van der Waals surface area contributed by atoms with Crippen molar-refractivity contribution in [2.45, 2.75) is 4.90 Å². The Balaban J connectivity index is 1.61. The number of benzene rings is 2. The third kappa shape index (κ3) is 5.54. The number of methoxy groups -OCH3 is 1. The molecule has 0 spiro atoms. The summed E-state index contributed by atoms with van der Waals surface area (Å²) < 4.78 is 42.3. The number of nitrogens with zero attached hydrogens (tertiary/aromatic N) is 1. The second-order valence-corrected chi connectivity index (χ2v) is 8.30. The average molecular weight is 420 g/mol. The van der Waals surface area contributed by atoms with E-state index in [1.54, 1.807) is 43.5 Å². The SMILES string of the molecule is COCCOc1ccc(C(=O)Nc2ccc(S(=O)(=O)N3CCOCC3)cc2)cc1. The largest absolute Gasteiger partial charge is 0.491 e. The van der Waals surface area contributed by atoms with Crippen LogP contribution in [0, 0.1) is 0 Å². The standard InChI is InChI=1S/C20H24N2O6S/c1-26-14-15-28-18-6-2-16(3-7-18)20(23)21-17-4-8-19(9-5-17)29(24,25)22-10-12-27-13-11-22/h2-9H,10-15H2,1H3,(H,21,23). The summed E-state index contributed by atoms with van der Waals surface area (Å²) in [6.07, 6.45) is 0. The summed E-state index contributed by atoms with van der Waals surface area (Å²) in [6, 6.07) is 12.9. The molecule has 0 aliphatic carbocycles. The van der Waals surface area contributed by atoms with Crippen molar-refractivity contribution in [3.8, 4) is 5.75 Å². The minimum absolute atomic E-state index is 0.190. The number of morpholine rings is 1. The van der Waals surface area contributed by atoms with Gasteiger partial charge in [0.15, 0.2) is 0 Å². The quantitative estimate of drug-likeness (QED) is 0.657. The van der Waals surface area contributed by atoms with Gasteiger partial charge in [-0.15, -0.1) is 0 Å². The van der Waals surface area contributed by atoms with Gasteiger partial charge in [-0.25, -0.2) is 8.42 Å². The Morgan fingerprint density at radius 2 is 1.69 bits per heavy atom. The van der Waals surface area contributed by atoms with Gasteiger partial charge in [0.2, 0.25) is 10.0 Å². The molecule has 3 rings (SSSR count). The summed E-state index contributed by atoms with van der Waals surface area (Å²) in [5.74, 6) is 0.355. The number of hydrogen-bond donors (Lipinski definition) is 1. The van der Waals surface area contributed by atoms with Gasteiger partial charge in [0.1, 0.15) is 12.4 Å². The average Bonchev–Trinajstić information content (AvgIpc) is 2.75. The third-order valence-corrected chi connectivity index (χ3v) is 6.31. The first-order chi connectivity index (χ1) is 14.0. The van der Waals surface area contributed by atoms with Crippen LogP contribution in [0.1, 0.15) is 10.4 Å². The second-order valence-electron chi connectivity index (χ2n) is 6.36. The first kappa shape index (κ1) is 21.3. The van der Waals surface area contributed by atoms with Crippen LogP contribution in [0.4, 0.5) is 5.69 Å². The lowest BCUT2D eigenvalue weighted by Gasteiger charge is -2.26. The number of rotatable bonds is 8. The fourth-order valence-electron chi connectivity index (χ4n) is 2.79. The predicted molar refractivity (Wildman–Crippen MR) is 108 cm³/mol. The molecule has 8 nitrogen and oxygen atoms in total. The molecule has 0 unspecified atom stereocenters. The van der Waals surface area contributed by atoms with Crippen molar-refractivity contribution in [2.24, 2.45) is 0 Å². The maximum absolute atomic E-state index is 12.6. The molecule has 0 radical (unpaired) electrons. The lowest BCUT2D eigenvalue weighted by atomic mass is 10.2. The molecule has 9 heteroatoms. The van der Waals surface area contributed by atoms with E-state index in [4.69, 9.17) is 14.2 Å². The topological polar surface area (TPSA) is 94.2 Å². The highest BCUT2D eigenvalue weighted by Gasteiger charge is 2.26. The van der Waals surface area contributed by atoms with E-state index in [1.807, 2.05) is 0 Å². The normalized spacial score (nSPS) is 15.1. The fourth-order valence-corrected chi connectivity index (χ4v) is 4.20. The fraction of sp³-hybridized carbons (Fsp3) is 0.350. The summed E-state index contributed by atoms with van der Waals surface area (Å²) in [4.78, 5) is 12.6. The van der Waals surface area contributed by atoms with E-state index in [0.29, 0.717) is 56.5 Å². The molecule has 29 heavy (non-hydrogen) atoms. The Bertz CT molecular complexity index is 907. The highest BCUT2D eigenvalue weighted by molar-refractivity contribution is 7.89. The van der Waals surface area contributed by atoms with Crippen molar-refractivity contribution in [1.29, 1.82) is 0 Å². The predicted octanol–water partition coefficient (Wildman–Crippen LogP) is 1.98. The third-order valence-electron chi connectivity index (χ3n) is 4.39. The number of sulfonamides is 1. The van der Waals surface area contributed by atoms with Crippen LogP contribution in [0.3, 0.4) is 0 Å². The Hall–Kier alpha value is -2.46. The van der Waals surface area contributed by atoms with Gasteiger partial charge in [-0.05, 0) is 48.5 Å². The first-order valence-electron chi connectivity index (χ1n) is 9.22. The second kappa shape index (κ2) is 9.84. The van der Waals surface area contributed by atoms with Gasteiger partial charge in [0.05, 0.1) is 24.7 Å². The molecular formula is C20H24N2O6S. The molecule has 1 aliphatic heterocycles. The van der Waals surface area contributed by atoms with Crippen LogP contribution in [-0.4, -0.2) is 65.3 Å². The molecule has 1 fully saturated rings. The smallest absolute Gasteiger partial charge is 0.255 e. The van der Waals surface area contributed by atoms with Crippen LogP contribution in [0.15, 0.2) is 53.4 Å². The molecule has 0 saturated carbocycles. The first-order valence-corrected chi connectivity index (χ1v) is 10.7. The lowest BCUT2D eigenvalue weighted by molar-refractivity contribution is 0.0730. The van der Waals surface area contributed by atoms with E-state index in [2.05, 4.69) is 5.32 Å². The number of carbonyl (C=O) groups excluding carboxylic acids is 1. The maximum Gasteiger partial charge on any atom is 0.255 e. The van der Waals surface area contributed by atoms with Gasteiger partial charge in [0, 0.05) is 31.5 Å². The zero-order valence-electron chi connectivity index (χ0n) is 16.2. The number of amides is 1. The summed E-state index contributed by atoms with van der Waals surface area (Å²) in [6.45, 7) is 2.38. The van der Waals surface area contributed by atoms with E-state index >= 15 is 0 Å². The van der Waals surface area contributed by atoms with Crippen molar-refractivity contribution in [3.05, 3.63) is 54.1 Å². The zero-order chi connectivity index (χ0) is 20.7. The Morgan fingerprint density at radius 3 is 2.31 bits per heavy atom. The number of hydrogen-bond acceptors (Lipinski definition) is 6. The van der Waals surface area contributed by atoms with Gasteiger partial charge in [-0.3, -0.25) is 4.79 Å². The molecule has 2 aromatic carbocycles. The van der Waals surface area contributed by atoms with Gasteiger partial charge in [0.25, 0.3) is 5.91 Å². The number of anilines is 1. The Labute approximate surface area is 170 Å². The van der Waals surface area contributed by atoms with Crippen LogP contribution in [0.25, 0.3) is 0 Å². The summed E-state index contributed by atoms with van der Waals surface area (Å²) in [7, 11) is -1.96. The summed E-state index contributed by atoms with van der Waals surface area (Å²) >= 11 is 0. The van der Waals surface area contributed by atoms with Gasteiger partial charge in [-0.2, -0.15) is 4.31 Å². The van der Waals surface area contributed by atoms with Crippen LogP contribution in [0.5, 0.6) is 5.75 Å². The van der Waals surface area contributed by atoms with Crippen molar-refractivity contribution < 1.29 is 27.4 Å². The monoisotopic (exact) mass is 420 g/mol. The molecular weight excluding hydrogens is 396 g/mol. The molecule has 1 heterocycles. The molecule has 1 amide bonds. The molecule has 1 saturated heterocycles. The van der Waals surface area contributed by atoms with Crippen molar-refractivity contribution in [1.82, 2.24) is 4.31 Å². The van der Waals surface area contributed by atoms with Crippen molar-refractivity contribution in [3.63, 3.8) is 0 Å². The summed E-state index contributed by atoms with van der Waals surface area (Å²) in [5, 5.41) is 2.76. The Kier molecular flexibility index (Phi) is 7.21. The van der Waals surface area contributed by atoms with Crippen LogP contribution >= 0.6 is 0 Å². The van der Waals surface area contributed by atoms with Gasteiger partial charge < -0.3 is 19.5 Å². The minimum atomic E-state index is -3.56. The molecule has 0 bridgehead atoms. The number of nitrogens with one attached hydrogen (secondary N) is 1. The minimum Gasteiger partial charge on any atom is -0.491 e. The molecule has 1 aliphatic rings. The Morgan fingerprint density at radius 1 is 1.03 bits per heavy atom. The molecule has 2 aromatic rings. The molecule has 0 aromatic heterocycles. The van der Waals surface area contributed by atoms with Crippen molar-refractivity contribution in [2.75, 3.05) is 51.9 Å². The number of ether oxygens (including phenoxy) is 3. The van der Waals surface area contributed by atoms with E-state index in [1.165, 1.54) is 16.4 Å². The van der Waals surface area contributed by atoms with Gasteiger partial charge in [-0.1, -0.05) is 0 Å². The van der Waals surface area contributed by atoms with E-state index < -0.39 is 10.0 Å². The van der Waals surface area contributed by atoms with E-state index in [0.717, 1.165) is 0 Å². The lowest BCUT2D eigenvalue weighted by Crippen LogP contribution is -2.40. The van der Waals surface area contributed by atoms with Crippen molar-refractivity contribution >= 4 is 21.6 Å². The van der Waals surface area contributed by atoms with Crippen LogP contribution < -0.4 is 10.1 Å². The molecule has 0 atom stereocenters. The highest BCUT2D eigenvalue weighted by atomic mass is 32.2. The zero-order valence-corrected chi connectivity index (χ0v) is 17.0. The van der Waals surface area contributed by atoms with Crippen LogP contribution in [0.2, 0.25) is 0 Å². The van der Waals surface area contributed by atoms with E-state index in [9.17, 15) is 13.2 Å². The van der Waals surface area contributed by atoms with Gasteiger partial charge >= 0.3 is 0 Å².